The first kappa shape index (κ1) is 15.8. The van der Waals surface area contributed by atoms with Gasteiger partial charge in [0.1, 0.15) is 10.6 Å². The van der Waals surface area contributed by atoms with Gasteiger partial charge in [-0.25, -0.2) is 0 Å². The van der Waals surface area contributed by atoms with Gasteiger partial charge in [-0.2, -0.15) is 4.98 Å². The number of benzene rings is 1. The average molecular weight is 356 g/mol. The van der Waals surface area contributed by atoms with E-state index in [-0.39, 0.29) is 17.8 Å². The van der Waals surface area contributed by atoms with E-state index in [1.54, 1.807) is 11.7 Å². The highest BCUT2D eigenvalue weighted by atomic mass is 32.1. The minimum atomic E-state index is 0.00692. The van der Waals surface area contributed by atoms with Crippen LogP contribution < -0.4 is 4.74 Å². The second-order valence-electron chi connectivity index (χ2n) is 5.79. The standard InChI is InChI=1S/C17H16N4O3S/c22-16(14-9-18-11-25-14)21-8-4-5-12(10-21)15-19-17(20-24-15)23-13-6-2-1-3-7-13/h1-3,6-7,9,11-12H,4-5,8,10H2/t12-/m0/s1. The lowest BCUT2D eigenvalue weighted by atomic mass is 9.98. The van der Waals surface area contributed by atoms with Crippen molar-refractivity contribution < 1.29 is 14.1 Å². The van der Waals surface area contributed by atoms with Crippen molar-refractivity contribution >= 4 is 17.2 Å². The molecule has 1 aliphatic rings. The van der Waals surface area contributed by atoms with Crippen LogP contribution in [0.4, 0.5) is 0 Å². The Morgan fingerprint density at radius 1 is 1.32 bits per heavy atom. The van der Waals surface area contributed by atoms with Crippen LogP contribution in [-0.4, -0.2) is 39.0 Å². The van der Waals surface area contributed by atoms with Crippen molar-refractivity contribution in [1.82, 2.24) is 20.0 Å². The Morgan fingerprint density at radius 2 is 2.20 bits per heavy atom. The second-order valence-corrected chi connectivity index (χ2v) is 6.67. The predicted molar refractivity (Wildman–Crippen MR) is 90.8 cm³/mol. The average Bonchev–Trinajstić information content (AvgIpc) is 3.34. The van der Waals surface area contributed by atoms with E-state index in [0.29, 0.717) is 23.1 Å². The van der Waals surface area contributed by atoms with Gasteiger partial charge in [0.2, 0.25) is 5.89 Å². The van der Waals surface area contributed by atoms with E-state index in [4.69, 9.17) is 9.26 Å². The van der Waals surface area contributed by atoms with Crippen LogP contribution in [0.3, 0.4) is 0 Å². The molecule has 0 spiro atoms. The number of amides is 1. The topological polar surface area (TPSA) is 81.4 Å². The van der Waals surface area contributed by atoms with E-state index >= 15 is 0 Å². The zero-order chi connectivity index (χ0) is 17.1. The van der Waals surface area contributed by atoms with Gasteiger partial charge < -0.3 is 14.2 Å². The number of hydrogen-bond donors (Lipinski definition) is 0. The van der Waals surface area contributed by atoms with Gasteiger partial charge in [0.05, 0.1) is 17.6 Å². The van der Waals surface area contributed by atoms with E-state index in [1.807, 2.05) is 35.2 Å². The molecule has 0 radical (unpaired) electrons. The molecule has 3 heterocycles. The molecule has 0 bridgehead atoms. The van der Waals surface area contributed by atoms with E-state index in [9.17, 15) is 4.79 Å². The highest BCUT2D eigenvalue weighted by Gasteiger charge is 2.29. The summed E-state index contributed by atoms with van der Waals surface area (Å²) in [4.78, 5) is 23.3. The maximum absolute atomic E-state index is 12.5. The van der Waals surface area contributed by atoms with Crippen LogP contribution in [0.15, 0.2) is 46.6 Å². The number of thiazole rings is 1. The molecule has 25 heavy (non-hydrogen) atoms. The number of piperidine rings is 1. The summed E-state index contributed by atoms with van der Waals surface area (Å²) in [6, 6.07) is 9.50. The van der Waals surface area contributed by atoms with Gasteiger partial charge in [-0.3, -0.25) is 9.78 Å². The molecule has 7 nitrogen and oxygen atoms in total. The Morgan fingerprint density at radius 3 is 3.00 bits per heavy atom. The van der Waals surface area contributed by atoms with Crippen molar-refractivity contribution in [3.8, 4) is 11.8 Å². The van der Waals surface area contributed by atoms with Gasteiger partial charge in [-0.15, -0.1) is 11.3 Å². The fraction of sp³-hybridized carbons (Fsp3) is 0.294. The number of rotatable bonds is 4. The van der Waals surface area contributed by atoms with Gasteiger partial charge in [0.15, 0.2) is 0 Å². The highest BCUT2D eigenvalue weighted by molar-refractivity contribution is 7.11. The maximum Gasteiger partial charge on any atom is 0.359 e. The minimum absolute atomic E-state index is 0.00692. The molecule has 1 saturated heterocycles. The van der Waals surface area contributed by atoms with Gasteiger partial charge >= 0.3 is 6.01 Å². The molecule has 0 N–H and O–H groups in total. The molecule has 128 valence electrons. The van der Waals surface area contributed by atoms with E-state index in [0.717, 1.165) is 19.4 Å². The SMILES string of the molecule is O=C(c1cncs1)N1CCC[C@H](c2nc(Oc3ccccc3)no2)C1. The molecule has 0 aliphatic carbocycles. The first-order valence-corrected chi connectivity index (χ1v) is 8.92. The highest BCUT2D eigenvalue weighted by Crippen LogP contribution is 2.29. The Labute approximate surface area is 148 Å². The molecule has 0 saturated carbocycles. The van der Waals surface area contributed by atoms with E-state index in [1.165, 1.54) is 11.3 Å². The Kier molecular flexibility index (Phi) is 4.43. The number of carbonyl (C=O) groups excluding carboxylic acids is 1. The Hall–Kier alpha value is -2.74. The number of ether oxygens (including phenoxy) is 1. The summed E-state index contributed by atoms with van der Waals surface area (Å²) in [5, 5.41) is 3.89. The molecule has 8 heteroatoms. The third-order valence-corrected chi connectivity index (χ3v) is 4.84. The molecule has 1 aromatic carbocycles. The van der Waals surface area contributed by atoms with Crippen LogP contribution in [0.5, 0.6) is 11.8 Å². The van der Waals surface area contributed by atoms with E-state index < -0.39 is 0 Å². The lowest BCUT2D eigenvalue weighted by Crippen LogP contribution is -2.38. The molecule has 0 unspecified atom stereocenters. The molecule has 1 atom stereocenters. The van der Waals surface area contributed by atoms with Crippen LogP contribution in [0.25, 0.3) is 0 Å². The number of likely N-dealkylation sites (tertiary alicyclic amines) is 1. The summed E-state index contributed by atoms with van der Waals surface area (Å²) in [6.45, 7) is 1.29. The van der Waals surface area contributed by atoms with Crippen molar-refractivity contribution in [2.75, 3.05) is 13.1 Å². The second kappa shape index (κ2) is 7.02. The molecular formula is C17H16N4O3S. The van der Waals surface area contributed by atoms with Crippen molar-refractivity contribution in [3.63, 3.8) is 0 Å². The summed E-state index contributed by atoms with van der Waals surface area (Å²) < 4.78 is 10.9. The third-order valence-electron chi connectivity index (χ3n) is 4.08. The molecule has 1 fully saturated rings. The van der Waals surface area contributed by atoms with Crippen LogP contribution >= 0.6 is 11.3 Å². The summed E-state index contributed by atoms with van der Waals surface area (Å²) in [5.41, 5.74) is 1.67. The van der Waals surface area contributed by atoms with Crippen molar-refractivity contribution in [1.29, 1.82) is 0 Å². The molecule has 1 amide bonds. The predicted octanol–water partition coefficient (Wildman–Crippen LogP) is 3.34. The smallest absolute Gasteiger partial charge is 0.359 e. The molecule has 2 aromatic heterocycles. The van der Waals surface area contributed by atoms with Crippen molar-refractivity contribution in [3.05, 3.63) is 52.8 Å². The number of aromatic nitrogens is 3. The normalized spacial score (nSPS) is 17.4. The maximum atomic E-state index is 12.5. The van der Waals surface area contributed by atoms with Crippen LogP contribution in [0, 0.1) is 0 Å². The lowest BCUT2D eigenvalue weighted by Gasteiger charge is -2.30. The molecule has 3 aromatic rings. The minimum Gasteiger partial charge on any atom is -0.422 e. The monoisotopic (exact) mass is 356 g/mol. The fourth-order valence-corrected chi connectivity index (χ4v) is 3.45. The first-order chi connectivity index (χ1) is 12.3. The summed E-state index contributed by atoms with van der Waals surface area (Å²) in [6.07, 6.45) is 3.40. The summed E-state index contributed by atoms with van der Waals surface area (Å²) in [5.74, 6) is 1.19. The largest absolute Gasteiger partial charge is 0.422 e. The number of para-hydroxylation sites is 1. The van der Waals surface area contributed by atoms with Gasteiger partial charge in [0, 0.05) is 13.1 Å². The third kappa shape index (κ3) is 3.53. The summed E-state index contributed by atoms with van der Waals surface area (Å²) in [7, 11) is 0. The van der Waals surface area contributed by atoms with Crippen LogP contribution in [0.1, 0.15) is 34.3 Å². The van der Waals surface area contributed by atoms with Crippen LogP contribution in [-0.2, 0) is 0 Å². The first-order valence-electron chi connectivity index (χ1n) is 8.04. The number of nitrogens with zero attached hydrogens (tertiary/aromatic N) is 4. The fourth-order valence-electron chi connectivity index (χ4n) is 2.86. The Balaban J connectivity index is 1.44. The van der Waals surface area contributed by atoms with Gasteiger partial charge in [0.25, 0.3) is 5.91 Å². The van der Waals surface area contributed by atoms with Crippen molar-refractivity contribution in [2.24, 2.45) is 0 Å². The van der Waals surface area contributed by atoms with Crippen LogP contribution in [0.2, 0.25) is 0 Å². The van der Waals surface area contributed by atoms with E-state index in [2.05, 4.69) is 15.1 Å². The quantitative estimate of drug-likeness (QED) is 0.713. The van der Waals surface area contributed by atoms with Crippen molar-refractivity contribution in [2.45, 2.75) is 18.8 Å². The Bertz CT molecular complexity index is 835. The number of hydrogen-bond acceptors (Lipinski definition) is 7. The molecule has 1 aliphatic heterocycles. The number of carbonyl (C=O) groups is 1. The van der Waals surface area contributed by atoms with Gasteiger partial charge in [-0.05, 0) is 30.1 Å². The molecular weight excluding hydrogens is 340 g/mol. The lowest BCUT2D eigenvalue weighted by molar-refractivity contribution is 0.0700. The van der Waals surface area contributed by atoms with Gasteiger partial charge in [-0.1, -0.05) is 18.2 Å². The zero-order valence-corrected chi connectivity index (χ0v) is 14.2. The summed E-state index contributed by atoms with van der Waals surface area (Å²) >= 11 is 1.35. The zero-order valence-electron chi connectivity index (χ0n) is 13.4. The molecule has 4 rings (SSSR count).